The second-order valence-electron chi connectivity index (χ2n) is 21.9. The van der Waals surface area contributed by atoms with Gasteiger partial charge in [0.05, 0.1) is 91.8 Å². The smallest absolute Gasteiger partial charge is 0.243 e. The number of carbonyl (C=O) groups is 4. The summed E-state index contributed by atoms with van der Waals surface area (Å²) in [7, 11) is 1.68. The number of fused-ring (bicyclic) bond motifs is 2. The van der Waals surface area contributed by atoms with Gasteiger partial charge < -0.3 is 63.9 Å². The number of amides is 4. The Morgan fingerprint density at radius 3 is 2.26 bits per heavy atom. The van der Waals surface area contributed by atoms with Crippen LogP contribution >= 0.6 is 22.9 Å². The van der Waals surface area contributed by atoms with Crippen molar-refractivity contribution in [2.24, 2.45) is 5.92 Å². The third-order valence-corrected chi connectivity index (χ3v) is 16.7. The van der Waals surface area contributed by atoms with E-state index >= 15 is 4.39 Å². The number of rotatable bonds is 27. The molecular weight excluding hydrogens is 1150 g/mol. The van der Waals surface area contributed by atoms with Crippen LogP contribution in [0.3, 0.4) is 0 Å². The molecule has 2 fully saturated rings. The predicted molar refractivity (Wildman–Crippen MR) is 326 cm³/mol. The van der Waals surface area contributed by atoms with Crippen LogP contribution in [0.2, 0.25) is 5.02 Å². The SMILES string of the molecule is CC(=O)N1CCN(c2nc(NCCC(=O)N(C)CCOCCOCCOCCOC[C@H](NC(=O)[C@@H]3C[C@@H](O)CN3C(=O)[C@H](c3cc(C)no3)C(C)C)c3ccc(-c4scnc4C)cc3)nc3c(F)c(-c4cc(O)cc5ccccc45)c(Cl)cc23)CC1. The Bertz CT molecular complexity index is 3490. The molecule has 24 heteroatoms. The first kappa shape index (κ1) is 63.1. The summed E-state index contributed by atoms with van der Waals surface area (Å²) in [5.41, 5.74) is 5.66. The molecule has 0 bridgehead atoms. The summed E-state index contributed by atoms with van der Waals surface area (Å²) in [6.07, 6.45) is -0.708. The second kappa shape index (κ2) is 29.3. The molecule has 0 saturated carbocycles. The van der Waals surface area contributed by atoms with E-state index < -0.39 is 35.8 Å². The van der Waals surface area contributed by atoms with Gasteiger partial charge in [-0.1, -0.05) is 79.1 Å². The molecule has 86 heavy (non-hydrogen) atoms. The Hall–Kier alpha value is -7.38. The molecule has 458 valence electrons. The number of aromatic nitrogens is 4. The number of piperazine rings is 1. The van der Waals surface area contributed by atoms with Crippen LogP contribution < -0.4 is 15.5 Å². The first-order valence-electron chi connectivity index (χ1n) is 28.9. The van der Waals surface area contributed by atoms with Gasteiger partial charge in [0.15, 0.2) is 5.82 Å². The minimum absolute atomic E-state index is 0.00994. The summed E-state index contributed by atoms with van der Waals surface area (Å²) >= 11 is 8.44. The number of hydrogen-bond donors (Lipinski definition) is 4. The number of anilines is 2. The van der Waals surface area contributed by atoms with E-state index in [2.05, 4.69) is 25.8 Å². The molecule has 3 aromatic heterocycles. The number of aliphatic hydroxyl groups is 1. The number of aliphatic hydroxyl groups excluding tert-OH is 1. The molecule has 4 N–H and O–H groups in total. The van der Waals surface area contributed by atoms with E-state index in [9.17, 15) is 29.4 Å². The van der Waals surface area contributed by atoms with Gasteiger partial charge in [-0.2, -0.15) is 4.98 Å². The molecule has 0 radical (unpaired) electrons. The van der Waals surface area contributed by atoms with E-state index in [0.29, 0.717) is 98.1 Å². The summed E-state index contributed by atoms with van der Waals surface area (Å²) in [4.78, 5) is 75.2. The van der Waals surface area contributed by atoms with Crippen LogP contribution in [0.1, 0.15) is 68.3 Å². The van der Waals surface area contributed by atoms with Crippen molar-refractivity contribution in [3.63, 3.8) is 0 Å². The third-order valence-electron chi connectivity index (χ3n) is 15.4. The zero-order chi connectivity index (χ0) is 61.0. The van der Waals surface area contributed by atoms with Crippen molar-refractivity contribution in [3.05, 3.63) is 112 Å². The number of ether oxygens (including phenoxy) is 4. The Labute approximate surface area is 507 Å². The van der Waals surface area contributed by atoms with Gasteiger partial charge in [-0.15, -0.1) is 11.3 Å². The van der Waals surface area contributed by atoms with E-state index in [1.807, 2.05) is 74.2 Å². The lowest BCUT2D eigenvalue weighted by atomic mass is 9.91. The van der Waals surface area contributed by atoms with Gasteiger partial charge >= 0.3 is 0 Å². The molecule has 4 atom stereocenters. The fraction of sp³-hybridized carbons (Fsp3) is 0.452. The molecule has 0 unspecified atom stereocenters. The van der Waals surface area contributed by atoms with Crippen LogP contribution in [0.4, 0.5) is 16.2 Å². The van der Waals surface area contributed by atoms with Crippen molar-refractivity contribution >= 4 is 80.0 Å². The number of aryl methyl sites for hydroxylation is 2. The molecule has 4 aromatic carbocycles. The largest absolute Gasteiger partial charge is 0.508 e. The number of hydrogen-bond acceptors (Lipinski definition) is 18. The monoisotopic (exact) mass is 1220 g/mol. The maximum Gasteiger partial charge on any atom is 0.243 e. The zero-order valence-corrected chi connectivity index (χ0v) is 50.8. The summed E-state index contributed by atoms with van der Waals surface area (Å²) in [5, 5.41) is 33.5. The van der Waals surface area contributed by atoms with Gasteiger partial charge in [0.25, 0.3) is 0 Å². The number of carbonyl (C=O) groups excluding carboxylic acids is 4. The predicted octanol–water partition coefficient (Wildman–Crippen LogP) is 7.93. The number of aromatic hydroxyl groups is 1. The fourth-order valence-electron chi connectivity index (χ4n) is 10.8. The lowest BCUT2D eigenvalue weighted by molar-refractivity contribution is -0.141. The van der Waals surface area contributed by atoms with E-state index in [0.717, 1.165) is 21.7 Å². The van der Waals surface area contributed by atoms with Gasteiger partial charge in [-0.25, -0.2) is 14.4 Å². The highest BCUT2D eigenvalue weighted by atomic mass is 35.5. The summed E-state index contributed by atoms with van der Waals surface area (Å²) in [6, 6.07) is 20.1. The van der Waals surface area contributed by atoms with Crippen molar-refractivity contribution in [1.29, 1.82) is 0 Å². The Balaban J connectivity index is 0.704. The number of halogens is 2. The van der Waals surface area contributed by atoms with Gasteiger partial charge in [0.1, 0.15) is 34.8 Å². The molecule has 2 aliphatic heterocycles. The quantitative estimate of drug-likeness (QED) is 0.0357. The zero-order valence-electron chi connectivity index (χ0n) is 49.2. The Morgan fingerprint density at radius 1 is 0.895 bits per heavy atom. The Kier molecular flexibility index (Phi) is 21.5. The van der Waals surface area contributed by atoms with Gasteiger partial charge in [-0.3, -0.25) is 19.2 Å². The maximum atomic E-state index is 17.0. The van der Waals surface area contributed by atoms with Crippen molar-refractivity contribution in [1.82, 2.24) is 40.1 Å². The molecule has 21 nitrogen and oxygen atoms in total. The highest BCUT2D eigenvalue weighted by Gasteiger charge is 2.44. The summed E-state index contributed by atoms with van der Waals surface area (Å²) in [6.45, 7) is 13.5. The lowest BCUT2D eigenvalue weighted by Gasteiger charge is -2.35. The van der Waals surface area contributed by atoms with Crippen LogP contribution in [0.25, 0.3) is 43.2 Å². The number of thiazole rings is 1. The van der Waals surface area contributed by atoms with Crippen molar-refractivity contribution in [3.8, 4) is 27.3 Å². The van der Waals surface area contributed by atoms with E-state index in [-0.39, 0.29) is 104 Å². The van der Waals surface area contributed by atoms with Gasteiger partial charge in [-0.05, 0) is 65.4 Å². The summed E-state index contributed by atoms with van der Waals surface area (Å²) < 4.78 is 45.8. The Morgan fingerprint density at radius 2 is 1.59 bits per heavy atom. The van der Waals surface area contributed by atoms with E-state index in [1.54, 1.807) is 58.8 Å². The van der Waals surface area contributed by atoms with Gasteiger partial charge in [0.2, 0.25) is 29.6 Å². The second-order valence-corrected chi connectivity index (χ2v) is 23.1. The lowest BCUT2D eigenvalue weighted by Crippen LogP contribution is -2.49. The number of nitrogens with zero attached hydrogens (tertiary/aromatic N) is 8. The number of likely N-dealkylation sites (N-methyl/N-ethyl adjacent to an activating group) is 1. The number of benzene rings is 4. The molecule has 7 aromatic rings. The third kappa shape index (κ3) is 15.4. The topological polar surface area (TPSA) is 247 Å². The number of phenolic OH excluding ortho intramolecular Hbond substituents is 1. The average molecular weight is 1220 g/mol. The highest BCUT2D eigenvalue weighted by Crippen LogP contribution is 2.43. The average Bonchev–Trinajstić information content (AvgIpc) is 1.27. The number of nitrogens with one attached hydrogen (secondary N) is 2. The van der Waals surface area contributed by atoms with Crippen molar-refractivity contribution in [2.45, 2.75) is 71.6 Å². The van der Waals surface area contributed by atoms with Crippen LogP contribution in [0.5, 0.6) is 5.75 Å². The standard InChI is InChI=1S/C62H74ClFN10O11S/c1-37(2)54(52-29-38(3)70-85-52)61(80)74-34-45(77)32-51(74)60(79)67-50(41-11-13-42(14-12-41)58-39(4)66-36-86-58)35-84-28-27-83-26-25-82-24-23-81-22-21-71(6)53(78)15-16-65-62-68-57-48(59(69-62)73-19-17-72(18-20-73)40(5)75)33-49(63)55(56(57)64)47-31-44(76)30-43-9-7-8-10-46(43)47/h7-14,29-31,33,36-37,45,50-51,54,76-77H,15-28,32,34-35H2,1-6H3,(H,67,79)(H,65,68,69)/t45-,50+,51+,54+/m1/s1. The number of β-amino-alcohol motifs (C(OH)–C–C–N with tert-alkyl or cyclic N) is 1. The van der Waals surface area contributed by atoms with Crippen LogP contribution in [-0.4, -0.2) is 187 Å². The maximum absolute atomic E-state index is 17.0. The van der Waals surface area contributed by atoms with Crippen LogP contribution in [0.15, 0.2) is 82.8 Å². The van der Waals surface area contributed by atoms with Crippen molar-refractivity contribution in [2.75, 3.05) is 116 Å². The number of likely N-dealkylation sites (tertiary alicyclic amines) is 1. The van der Waals surface area contributed by atoms with E-state index in [1.165, 1.54) is 17.9 Å². The highest BCUT2D eigenvalue weighted by molar-refractivity contribution is 7.13. The minimum Gasteiger partial charge on any atom is -0.508 e. The number of phenols is 1. The molecule has 2 aliphatic rings. The summed E-state index contributed by atoms with van der Waals surface area (Å²) in [5.74, 6) is -1.52. The first-order valence-corrected chi connectivity index (χ1v) is 30.1. The molecule has 2 saturated heterocycles. The van der Waals surface area contributed by atoms with E-state index in [4.69, 9.17) is 40.1 Å². The van der Waals surface area contributed by atoms with Gasteiger partial charge in [0, 0.05) is 89.6 Å². The first-order chi connectivity index (χ1) is 41.4. The fourth-order valence-corrected chi connectivity index (χ4v) is 11.9. The van der Waals surface area contributed by atoms with Crippen LogP contribution in [-0.2, 0) is 38.1 Å². The molecule has 0 spiro atoms. The molecule has 9 rings (SSSR count). The van der Waals surface area contributed by atoms with Crippen molar-refractivity contribution < 1.29 is 57.3 Å². The normalized spacial score (nSPS) is 16.1. The molecule has 5 heterocycles. The molecule has 0 aliphatic carbocycles. The minimum atomic E-state index is -0.915. The van der Waals surface area contributed by atoms with Crippen LogP contribution in [0, 0.1) is 25.6 Å². The molecule has 4 amide bonds. The molecular formula is C62H74ClFN10O11S.